The second-order valence-corrected chi connectivity index (χ2v) is 4.31. The molecule has 3 aromatic rings. The Morgan fingerprint density at radius 3 is 2.75 bits per heavy atom. The fraction of sp³-hybridized carbons (Fsp3) is 0. The molecule has 0 radical (unpaired) electrons. The SMILES string of the molecule is Nc1ccc(C(=O)Nc2cccc3ncccc23)nc1. The first-order valence-electron chi connectivity index (χ1n) is 6.11. The predicted octanol–water partition coefficient (Wildman–Crippen LogP) is 2.46. The lowest BCUT2D eigenvalue weighted by atomic mass is 10.2. The van der Waals surface area contributed by atoms with Crippen LogP contribution in [-0.2, 0) is 0 Å². The zero-order chi connectivity index (χ0) is 13.9. The molecule has 5 heteroatoms. The summed E-state index contributed by atoms with van der Waals surface area (Å²) < 4.78 is 0. The fourth-order valence-corrected chi connectivity index (χ4v) is 1.94. The molecule has 0 atom stereocenters. The van der Waals surface area contributed by atoms with Gasteiger partial charge in [0, 0.05) is 11.6 Å². The molecular weight excluding hydrogens is 252 g/mol. The number of pyridine rings is 2. The largest absolute Gasteiger partial charge is 0.397 e. The maximum atomic E-state index is 12.1. The summed E-state index contributed by atoms with van der Waals surface area (Å²) in [6.07, 6.45) is 3.18. The van der Waals surface area contributed by atoms with Crippen molar-refractivity contribution < 1.29 is 4.79 Å². The molecule has 3 rings (SSSR count). The highest BCUT2D eigenvalue weighted by Crippen LogP contribution is 2.21. The van der Waals surface area contributed by atoms with Crippen molar-refractivity contribution in [2.75, 3.05) is 11.1 Å². The summed E-state index contributed by atoms with van der Waals surface area (Å²) in [5, 5.41) is 3.73. The summed E-state index contributed by atoms with van der Waals surface area (Å²) in [4.78, 5) is 20.4. The lowest BCUT2D eigenvalue weighted by Crippen LogP contribution is -2.13. The first kappa shape index (κ1) is 12.1. The Bertz CT molecular complexity index is 763. The molecule has 0 unspecified atom stereocenters. The molecule has 5 nitrogen and oxygen atoms in total. The van der Waals surface area contributed by atoms with Crippen LogP contribution in [0.1, 0.15) is 10.5 Å². The third-order valence-electron chi connectivity index (χ3n) is 2.91. The summed E-state index contributed by atoms with van der Waals surface area (Å²) in [5.41, 5.74) is 7.93. The molecule has 20 heavy (non-hydrogen) atoms. The van der Waals surface area contributed by atoms with Crippen LogP contribution in [0.2, 0.25) is 0 Å². The van der Waals surface area contributed by atoms with Gasteiger partial charge in [-0.3, -0.25) is 9.78 Å². The summed E-state index contributed by atoms with van der Waals surface area (Å²) in [6, 6.07) is 12.6. The average Bonchev–Trinajstić information content (AvgIpc) is 2.48. The minimum absolute atomic E-state index is 0.277. The second kappa shape index (κ2) is 4.97. The van der Waals surface area contributed by atoms with E-state index in [-0.39, 0.29) is 5.91 Å². The summed E-state index contributed by atoms with van der Waals surface area (Å²) in [5.74, 6) is -0.277. The average molecular weight is 264 g/mol. The highest BCUT2D eigenvalue weighted by Gasteiger charge is 2.09. The van der Waals surface area contributed by atoms with Crippen molar-refractivity contribution in [2.24, 2.45) is 0 Å². The molecule has 2 aromatic heterocycles. The van der Waals surface area contributed by atoms with E-state index in [2.05, 4.69) is 15.3 Å². The lowest BCUT2D eigenvalue weighted by Gasteiger charge is -2.07. The van der Waals surface area contributed by atoms with E-state index in [9.17, 15) is 4.79 Å². The third-order valence-corrected chi connectivity index (χ3v) is 2.91. The quantitative estimate of drug-likeness (QED) is 0.745. The van der Waals surface area contributed by atoms with Crippen LogP contribution >= 0.6 is 0 Å². The molecule has 0 fully saturated rings. The number of anilines is 2. The van der Waals surface area contributed by atoms with E-state index < -0.39 is 0 Å². The number of fused-ring (bicyclic) bond motifs is 1. The highest BCUT2D eigenvalue weighted by molar-refractivity contribution is 6.07. The van der Waals surface area contributed by atoms with E-state index in [4.69, 9.17) is 5.73 Å². The summed E-state index contributed by atoms with van der Waals surface area (Å²) in [6.45, 7) is 0. The van der Waals surface area contributed by atoms with Crippen molar-refractivity contribution in [1.82, 2.24) is 9.97 Å². The molecule has 0 saturated carbocycles. The van der Waals surface area contributed by atoms with Gasteiger partial charge < -0.3 is 11.1 Å². The summed E-state index contributed by atoms with van der Waals surface area (Å²) in [7, 11) is 0. The Labute approximate surface area is 115 Å². The normalized spacial score (nSPS) is 10.4. The minimum atomic E-state index is -0.277. The van der Waals surface area contributed by atoms with E-state index >= 15 is 0 Å². The third kappa shape index (κ3) is 2.29. The topological polar surface area (TPSA) is 80.9 Å². The number of hydrogen-bond donors (Lipinski definition) is 2. The number of nitrogens with two attached hydrogens (primary N) is 1. The number of rotatable bonds is 2. The maximum Gasteiger partial charge on any atom is 0.274 e. The number of benzene rings is 1. The van der Waals surface area contributed by atoms with Crippen molar-refractivity contribution in [3.05, 3.63) is 60.6 Å². The van der Waals surface area contributed by atoms with Crippen LogP contribution in [0, 0.1) is 0 Å². The Balaban J connectivity index is 1.93. The molecule has 0 aliphatic carbocycles. The Kier molecular flexibility index (Phi) is 3.01. The number of carbonyl (C=O) groups is 1. The van der Waals surface area contributed by atoms with E-state index in [1.807, 2.05) is 30.3 Å². The molecule has 0 saturated heterocycles. The van der Waals surface area contributed by atoms with E-state index in [0.29, 0.717) is 17.1 Å². The number of amides is 1. The van der Waals surface area contributed by atoms with E-state index in [1.165, 1.54) is 6.20 Å². The summed E-state index contributed by atoms with van der Waals surface area (Å²) >= 11 is 0. The highest BCUT2D eigenvalue weighted by atomic mass is 16.1. The smallest absolute Gasteiger partial charge is 0.274 e. The van der Waals surface area contributed by atoms with Gasteiger partial charge >= 0.3 is 0 Å². The molecule has 0 aliphatic rings. The number of nitrogen functional groups attached to an aromatic ring is 1. The fourth-order valence-electron chi connectivity index (χ4n) is 1.94. The molecule has 2 heterocycles. The monoisotopic (exact) mass is 264 g/mol. The first-order chi connectivity index (χ1) is 9.74. The van der Waals surface area contributed by atoms with Gasteiger partial charge in [-0.2, -0.15) is 0 Å². The zero-order valence-electron chi connectivity index (χ0n) is 10.6. The van der Waals surface area contributed by atoms with Crippen molar-refractivity contribution >= 4 is 28.2 Å². The van der Waals surface area contributed by atoms with E-state index in [0.717, 1.165) is 10.9 Å². The second-order valence-electron chi connectivity index (χ2n) is 4.31. The molecule has 1 aromatic carbocycles. The number of nitrogens with one attached hydrogen (secondary N) is 1. The van der Waals surface area contributed by atoms with Gasteiger partial charge in [0.05, 0.1) is 23.1 Å². The predicted molar refractivity (Wildman–Crippen MR) is 78.3 cm³/mol. The molecule has 0 bridgehead atoms. The van der Waals surface area contributed by atoms with Crippen LogP contribution in [0.25, 0.3) is 10.9 Å². The zero-order valence-corrected chi connectivity index (χ0v) is 10.6. The van der Waals surface area contributed by atoms with Crippen LogP contribution in [0.4, 0.5) is 11.4 Å². The first-order valence-corrected chi connectivity index (χ1v) is 6.11. The van der Waals surface area contributed by atoms with Gasteiger partial charge in [-0.1, -0.05) is 6.07 Å². The standard InChI is InChI=1S/C15H12N4O/c16-10-6-7-14(18-9-10)15(20)19-13-5-1-4-12-11(13)3-2-8-17-12/h1-9H,16H2,(H,19,20). The van der Waals surface area contributed by atoms with Crippen molar-refractivity contribution in [2.45, 2.75) is 0 Å². The Morgan fingerprint density at radius 1 is 1.05 bits per heavy atom. The minimum Gasteiger partial charge on any atom is -0.397 e. The number of carbonyl (C=O) groups excluding carboxylic acids is 1. The van der Waals surface area contributed by atoms with Crippen molar-refractivity contribution in [3.63, 3.8) is 0 Å². The number of nitrogens with zero attached hydrogens (tertiary/aromatic N) is 2. The molecule has 1 amide bonds. The van der Waals surface area contributed by atoms with Gasteiger partial charge in [0.15, 0.2) is 0 Å². The van der Waals surface area contributed by atoms with Gasteiger partial charge in [0.1, 0.15) is 5.69 Å². The van der Waals surface area contributed by atoms with Gasteiger partial charge in [0.2, 0.25) is 0 Å². The van der Waals surface area contributed by atoms with Crippen LogP contribution in [-0.4, -0.2) is 15.9 Å². The number of hydrogen-bond acceptors (Lipinski definition) is 4. The molecule has 98 valence electrons. The molecule has 3 N–H and O–H groups in total. The van der Waals surface area contributed by atoms with Crippen LogP contribution in [0.15, 0.2) is 54.9 Å². The van der Waals surface area contributed by atoms with Crippen molar-refractivity contribution in [1.29, 1.82) is 0 Å². The van der Waals surface area contributed by atoms with Gasteiger partial charge in [0.25, 0.3) is 5.91 Å². The van der Waals surface area contributed by atoms with Crippen LogP contribution in [0.3, 0.4) is 0 Å². The van der Waals surface area contributed by atoms with Crippen LogP contribution < -0.4 is 11.1 Å². The van der Waals surface area contributed by atoms with Crippen molar-refractivity contribution in [3.8, 4) is 0 Å². The van der Waals surface area contributed by atoms with Gasteiger partial charge in [-0.05, 0) is 36.4 Å². The molecule has 0 spiro atoms. The maximum absolute atomic E-state index is 12.1. The lowest BCUT2D eigenvalue weighted by molar-refractivity contribution is 0.102. The van der Waals surface area contributed by atoms with E-state index in [1.54, 1.807) is 18.3 Å². The van der Waals surface area contributed by atoms with Crippen LogP contribution in [0.5, 0.6) is 0 Å². The van der Waals surface area contributed by atoms with Gasteiger partial charge in [-0.25, -0.2) is 4.98 Å². The van der Waals surface area contributed by atoms with Gasteiger partial charge in [-0.15, -0.1) is 0 Å². The number of aromatic nitrogens is 2. The Hall–Kier alpha value is -2.95. The Morgan fingerprint density at radius 2 is 1.95 bits per heavy atom. The molecule has 0 aliphatic heterocycles. The molecular formula is C15H12N4O.